The predicted octanol–water partition coefficient (Wildman–Crippen LogP) is 2.47. The molecule has 3 nitrogen and oxygen atoms in total. The van der Waals surface area contributed by atoms with Crippen molar-refractivity contribution in [1.29, 1.82) is 0 Å². The molecule has 1 saturated heterocycles. The molecule has 0 spiro atoms. The van der Waals surface area contributed by atoms with Gasteiger partial charge in [-0.2, -0.15) is 0 Å². The number of hydrogen-bond donors (Lipinski definition) is 1. The fourth-order valence-corrected chi connectivity index (χ4v) is 2.96. The highest BCUT2D eigenvalue weighted by Gasteiger charge is 2.28. The van der Waals surface area contributed by atoms with E-state index < -0.39 is 11.6 Å². The lowest BCUT2D eigenvalue weighted by molar-refractivity contribution is 0.0753. The van der Waals surface area contributed by atoms with Crippen molar-refractivity contribution in [2.24, 2.45) is 5.92 Å². The van der Waals surface area contributed by atoms with E-state index in [1.165, 1.54) is 6.07 Å². The van der Waals surface area contributed by atoms with Gasteiger partial charge in [-0.1, -0.05) is 0 Å². The van der Waals surface area contributed by atoms with Gasteiger partial charge in [0.2, 0.25) is 0 Å². The van der Waals surface area contributed by atoms with Crippen LogP contribution in [-0.2, 0) is 0 Å². The molecule has 5 heteroatoms. The highest BCUT2D eigenvalue weighted by molar-refractivity contribution is 5.99. The van der Waals surface area contributed by atoms with Gasteiger partial charge in [0.15, 0.2) is 17.4 Å². The summed E-state index contributed by atoms with van der Waals surface area (Å²) in [6.07, 6.45) is 2.21. The maximum atomic E-state index is 13.3. The first kappa shape index (κ1) is 16.0. The third kappa shape index (κ3) is 3.86. The fraction of sp³-hybridized carbons (Fsp3) is 0.562. The van der Waals surface area contributed by atoms with Crippen LogP contribution in [0.25, 0.3) is 0 Å². The summed E-state index contributed by atoms with van der Waals surface area (Å²) in [7, 11) is 1.93. The summed E-state index contributed by atoms with van der Waals surface area (Å²) in [6, 6.07) is 3.04. The number of nitrogens with zero attached hydrogens (tertiary/aromatic N) is 1. The van der Waals surface area contributed by atoms with Crippen molar-refractivity contribution in [3.8, 4) is 0 Å². The predicted molar refractivity (Wildman–Crippen MR) is 78.4 cm³/mol. The SMILES string of the molecule is CNCC1CCCN(C(C)C(=O)c2ccc(F)c(F)c2)C1. The molecule has 2 rings (SSSR count). The zero-order valence-corrected chi connectivity index (χ0v) is 12.5. The molecule has 1 aliphatic rings. The molecule has 1 aromatic carbocycles. The van der Waals surface area contributed by atoms with Crippen molar-refractivity contribution in [2.75, 3.05) is 26.7 Å². The van der Waals surface area contributed by atoms with E-state index in [1.54, 1.807) is 0 Å². The average Bonchev–Trinajstić information content (AvgIpc) is 2.49. The lowest BCUT2D eigenvalue weighted by atomic mass is 9.95. The van der Waals surface area contributed by atoms with Gasteiger partial charge in [0, 0.05) is 12.1 Å². The van der Waals surface area contributed by atoms with Crippen LogP contribution in [-0.4, -0.2) is 43.4 Å². The summed E-state index contributed by atoms with van der Waals surface area (Å²) in [5.74, 6) is -1.52. The Labute approximate surface area is 124 Å². The van der Waals surface area contributed by atoms with E-state index in [0.29, 0.717) is 5.92 Å². The molecule has 0 aromatic heterocycles. The molecule has 2 unspecified atom stereocenters. The monoisotopic (exact) mass is 296 g/mol. The van der Waals surface area contributed by atoms with Gasteiger partial charge in [-0.15, -0.1) is 0 Å². The molecule has 1 aromatic rings. The molecular formula is C16H22F2N2O. The van der Waals surface area contributed by atoms with E-state index in [9.17, 15) is 13.6 Å². The van der Waals surface area contributed by atoms with Crippen molar-refractivity contribution in [1.82, 2.24) is 10.2 Å². The molecule has 0 bridgehead atoms. The van der Waals surface area contributed by atoms with Crippen LogP contribution < -0.4 is 5.32 Å². The van der Waals surface area contributed by atoms with E-state index >= 15 is 0 Å². The lowest BCUT2D eigenvalue weighted by Gasteiger charge is -2.36. The molecule has 0 saturated carbocycles. The number of piperidine rings is 1. The van der Waals surface area contributed by atoms with Gasteiger partial charge in [-0.3, -0.25) is 9.69 Å². The fourth-order valence-electron chi connectivity index (χ4n) is 2.96. The number of hydrogen-bond acceptors (Lipinski definition) is 3. The van der Waals surface area contributed by atoms with E-state index in [4.69, 9.17) is 0 Å². The molecular weight excluding hydrogens is 274 g/mol. The Bertz CT molecular complexity index is 505. The summed E-state index contributed by atoms with van der Waals surface area (Å²) in [5.41, 5.74) is 0.233. The quantitative estimate of drug-likeness (QED) is 0.847. The van der Waals surface area contributed by atoms with Crippen molar-refractivity contribution in [3.05, 3.63) is 35.4 Å². The van der Waals surface area contributed by atoms with Crippen molar-refractivity contribution in [2.45, 2.75) is 25.8 Å². The largest absolute Gasteiger partial charge is 0.319 e. The minimum absolute atomic E-state index is 0.154. The van der Waals surface area contributed by atoms with Crippen LogP contribution in [0.4, 0.5) is 8.78 Å². The molecule has 116 valence electrons. The molecule has 2 atom stereocenters. The van der Waals surface area contributed by atoms with E-state index in [0.717, 1.165) is 44.6 Å². The highest BCUT2D eigenvalue weighted by Crippen LogP contribution is 2.20. The van der Waals surface area contributed by atoms with Gasteiger partial charge in [-0.25, -0.2) is 8.78 Å². The van der Waals surface area contributed by atoms with Crippen molar-refractivity contribution >= 4 is 5.78 Å². The second kappa shape index (κ2) is 7.09. The van der Waals surface area contributed by atoms with Crippen LogP contribution in [0.2, 0.25) is 0 Å². The molecule has 1 fully saturated rings. The molecule has 1 N–H and O–H groups in total. The van der Waals surface area contributed by atoms with Crippen LogP contribution >= 0.6 is 0 Å². The Morgan fingerprint density at radius 3 is 2.86 bits per heavy atom. The molecule has 1 heterocycles. The Morgan fingerprint density at radius 2 is 2.19 bits per heavy atom. The van der Waals surface area contributed by atoms with Gasteiger partial charge >= 0.3 is 0 Å². The minimum atomic E-state index is -0.972. The second-order valence-corrected chi connectivity index (χ2v) is 5.73. The Kier molecular flexibility index (Phi) is 5.42. The first-order valence-electron chi connectivity index (χ1n) is 7.41. The van der Waals surface area contributed by atoms with Crippen molar-refractivity contribution in [3.63, 3.8) is 0 Å². The number of ketones is 1. The topological polar surface area (TPSA) is 32.3 Å². The van der Waals surface area contributed by atoms with Gasteiger partial charge in [0.05, 0.1) is 6.04 Å². The zero-order valence-electron chi connectivity index (χ0n) is 12.5. The molecule has 0 aliphatic carbocycles. The maximum absolute atomic E-state index is 13.3. The normalized spacial score (nSPS) is 21.2. The summed E-state index contributed by atoms with van der Waals surface area (Å²) in [6.45, 7) is 4.50. The third-order valence-corrected chi connectivity index (χ3v) is 4.17. The van der Waals surface area contributed by atoms with E-state index in [2.05, 4.69) is 10.2 Å². The summed E-state index contributed by atoms with van der Waals surface area (Å²) in [4.78, 5) is 14.6. The van der Waals surface area contributed by atoms with Crippen LogP contribution in [0.1, 0.15) is 30.1 Å². The highest BCUT2D eigenvalue weighted by atomic mass is 19.2. The number of carbonyl (C=O) groups is 1. The van der Waals surface area contributed by atoms with Crippen molar-refractivity contribution < 1.29 is 13.6 Å². The van der Waals surface area contributed by atoms with Gasteiger partial charge in [-0.05, 0) is 64.0 Å². The summed E-state index contributed by atoms with van der Waals surface area (Å²) in [5, 5.41) is 3.17. The number of rotatable bonds is 5. The van der Waals surface area contributed by atoms with E-state index in [1.807, 2.05) is 14.0 Å². The number of Topliss-reactive ketones (excluding diaryl/α,β-unsaturated/α-hetero) is 1. The number of carbonyl (C=O) groups excluding carboxylic acids is 1. The zero-order chi connectivity index (χ0) is 15.4. The molecule has 1 aliphatic heterocycles. The smallest absolute Gasteiger partial charge is 0.179 e. The Morgan fingerprint density at radius 1 is 1.43 bits per heavy atom. The third-order valence-electron chi connectivity index (χ3n) is 4.17. The van der Waals surface area contributed by atoms with Crippen LogP contribution in [0.15, 0.2) is 18.2 Å². The van der Waals surface area contributed by atoms with Crippen LogP contribution in [0.3, 0.4) is 0 Å². The number of benzene rings is 1. The minimum Gasteiger partial charge on any atom is -0.319 e. The Hall–Kier alpha value is -1.33. The van der Waals surface area contributed by atoms with Gasteiger partial charge < -0.3 is 5.32 Å². The van der Waals surface area contributed by atoms with E-state index in [-0.39, 0.29) is 17.4 Å². The number of halogens is 2. The number of nitrogens with one attached hydrogen (secondary N) is 1. The standard InChI is InChI=1S/C16H22F2N2O/c1-11(20-7-3-4-12(10-20)9-19-2)16(21)13-5-6-14(17)15(18)8-13/h5-6,8,11-12,19H,3-4,7,9-10H2,1-2H3. The number of likely N-dealkylation sites (tertiary alicyclic amines) is 1. The second-order valence-electron chi connectivity index (χ2n) is 5.73. The molecule has 0 amide bonds. The summed E-state index contributed by atoms with van der Waals surface area (Å²) >= 11 is 0. The van der Waals surface area contributed by atoms with Gasteiger partial charge in [0.1, 0.15) is 0 Å². The molecule has 0 radical (unpaired) electrons. The van der Waals surface area contributed by atoms with Gasteiger partial charge in [0.25, 0.3) is 0 Å². The lowest BCUT2D eigenvalue weighted by Crippen LogP contribution is -2.46. The maximum Gasteiger partial charge on any atom is 0.179 e. The average molecular weight is 296 g/mol. The van der Waals surface area contributed by atoms with Crippen LogP contribution in [0, 0.1) is 17.6 Å². The molecule has 21 heavy (non-hydrogen) atoms. The first-order valence-corrected chi connectivity index (χ1v) is 7.41. The summed E-state index contributed by atoms with van der Waals surface area (Å²) < 4.78 is 26.2. The Balaban J connectivity index is 2.05. The first-order chi connectivity index (χ1) is 10.0. The van der Waals surface area contributed by atoms with Crippen LogP contribution in [0.5, 0.6) is 0 Å².